The Labute approximate surface area is 99.4 Å². The standard InChI is InChI=1S/C14H26O2/c1-2-3-5-9-14(12-8-13(15)16)10-6-4-7-11-14/h2-12H2,1H3,(H,15,16). The zero-order chi connectivity index (χ0) is 11.9. The van der Waals surface area contributed by atoms with Crippen LogP contribution in [-0.4, -0.2) is 11.1 Å². The average Bonchev–Trinajstić information content (AvgIpc) is 2.28. The summed E-state index contributed by atoms with van der Waals surface area (Å²) in [6, 6.07) is 0. The average molecular weight is 226 g/mol. The highest BCUT2D eigenvalue weighted by molar-refractivity contribution is 5.66. The van der Waals surface area contributed by atoms with Crippen molar-refractivity contribution in [3.05, 3.63) is 0 Å². The van der Waals surface area contributed by atoms with Crippen molar-refractivity contribution < 1.29 is 9.90 Å². The van der Waals surface area contributed by atoms with Crippen LogP contribution in [0.15, 0.2) is 0 Å². The molecule has 0 saturated heterocycles. The Morgan fingerprint density at radius 3 is 2.38 bits per heavy atom. The van der Waals surface area contributed by atoms with Crippen LogP contribution in [0.25, 0.3) is 0 Å². The molecule has 0 aromatic carbocycles. The van der Waals surface area contributed by atoms with Crippen LogP contribution >= 0.6 is 0 Å². The molecule has 0 radical (unpaired) electrons. The lowest BCUT2D eigenvalue weighted by Crippen LogP contribution is -2.25. The first-order valence-corrected chi connectivity index (χ1v) is 6.90. The van der Waals surface area contributed by atoms with E-state index in [0.717, 1.165) is 6.42 Å². The van der Waals surface area contributed by atoms with Crippen molar-refractivity contribution in [2.45, 2.75) is 77.6 Å². The van der Waals surface area contributed by atoms with Crippen LogP contribution in [0.1, 0.15) is 77.6 Å². The highest BCUT2D eigenvalue weighted by atomic mass is 16.4. The zero-order valence-electron chi connectivity index (χ0n) is 10.6. The molecule has 0 amide bonds. The van der Waals surface area contributed by atoms with Gasteiger partial charge in [-0.2, -0.15) is 0 Å². The Kier molecular flexibility index (Phi) is 5.86. The van der Waals surface area contributed by atoms with E-state index in [1.54, 1.807) is 0 Å². The van der Waals surface area contributed by atoms with Gasteiger partial charge in [0, 0.05) is 6.42 Å². The number of carboxylic acid groups (broad SMARTS) is 1. The van der Waals surface area contributed by atoms with E-state index < -0.39 is 5.97 Å². The molecule has 1 saturated carbocycles. The van der Waals surface area contributed by atoms with E-state index in [2.05, 4.69) is 6.92 Å². The highest BCUT2D eigenvalue weighted by Gasteiger charge is 2.31. The molecule has 2 heteroatoms. The lowest BCUT2D eigenvalue weighted by Gasteiger charge is -2.37. The normalized spacial score (nSPS) is 19.6. The second-order valence-corrected chi connectivity index (χ2v) is 5.41. The molecule has 2 nitrogen and oxygen atoms in total. The quantitative estimate of drug-likeness (QED) is 0.654. The molecule has 0 aromatic heterocycles. The van der Waals surface area contributed by atoms with Crippen molar-refractivity contribution in [2.24, 2.45) is 5.41 Å². The third-order valence-electron chi connectivity index (χ3n) is 4.09. The number of aliphatic carboxylic acids is 1. The molecular weight excluding hydrogens is 200 g/mol. The minimum absolute atomic E-state index is 0.367. The number of carboxylic acids is 1. The molecule has 0 unspecified atom stereocenters. The maximum Gasteiger partial charge on any atom is 0.303 e. The van der Waals surface area contributed by atoms with Crippen molar-refractivity contribution in [3.63, 3.8) is 0 Å². The maximum atomic E-state index is 10.7. The van der Waals surface area contributed by atoms with Crippen LogP contribution in [0.4, 0.5) is 0 Å². The molecule has 94 valence electrons. The van der Waals surface area contributed by atoms with Gasteiger partial charge in [0.15, 0.2) is 0 Å². The number of hydrogen-bond acceptors (Lipinski definition) is 1. The summed E-state index contributed by atoms with van der Waals surface area (Å²) in [5, 5.41) is 8.83. The highest BCUT2D eigenvalue weighted by Crippen LogP contribution is 2.44. The van der Waals surface area contributed by atoms with Crippen LogP contribution in [0.2, 0.25) is 0 Å². The third-order valence-corrected chi connectivity index (χ3v) is 4.09. The lowest BCUT2D eigenvalue weighted by atomic mass is 9.68. The second kappa shape index (κ2) is 6.93. The molecule has 0 aliphatic heterocycles. The van der Waals surface area contributed by atoms with Crippen LogP contribution < -0.4 is 0 Å². The van der Waals surface area contributed by atoms with Gasteiger partial charge in [0.25, 0.3) is 0 Å². The molecule has 1 fully saturated rings. The fourth-order valence-electron chi connectivity index (χ4n) is 3.05. The molecular formula is C14H26O2. The van der Waals surface area contributed by atoms with Crippen molar-refractivity contribution in [1.82, 2.24) is 0 Å². The molecule has 0 aromatic rings. The molecule has 0 spiro atoms. The molecule has 1 rings (SSSR count). The Morgan fingerprint density at radius 1 is 1.12 bits per heavy atom. The Morgan fingerprint density at radius 2 is 1.81 bits per heavy atom. The van der Waals surface area contributed by atoms with Gasteiger partial charge in [-0.25, -0.2) is 0 Å². The van der Waals surface area contributed by atoms with Crippen molar-refractivity contribution in [2.75, 3.05) is 0 Å². The Balaban J connectivity index is 2.42. The molecule has 0 bridgehead atoms. The van der Waals surface area contributed by atoms with Gasteiger partial charge < -0.3 is 5.11 Å². The van der Waals surface area contributed by atoms with E-state index in [1.165, 1.54) is 57.8 Å². The van der Waals surface area contributed by atoms with Crippen molar-refractivity contribution in [3.8, 4) is 0 Å². The summed E-state index contributed by atoms with van der Waals surface area (Å²) in [6.07, 6.45) is 12.9. The summed E-state index contributed by atoms with van der Waals surface area (Å²) in [6.45, 7) is 2.23. The van der Waals surface area contributed by atoms with Crippen molar-refractivity contribution in [1.29, 1.82) is 0 Å². The smallest absolute Gasteiger partial charge is 0.303 e. The topological polar surface area (TPSA) is 37.3 Å². The van der Waals surface area contributed by atoms with Gasteiger partial charge in [0.2, 0.25) is 0 Å². The minimum atomic E-state index is -0.625. The first-order valence-electron chi connectivity index (χ1n) is 6.90. The van der Waals surface area contributed by atoms with Gasteiger partial charge in [0.1, 0.15) is 0 Å². The van der Waals surface area contributed by atoms with E-state index in [1.807, 2.05) is 0 Å². The van der Waals surface area contributed by atoms with E-state index in [4.69, 9.17) is 5.11 Å². The van der Waals surface area contributed by atoms with E-state index >= 15 is 0 Å². The summed E-state index contributed by atoms with van der Waals surface area (Å²) in [7, 11) is 0. The SMILES string of the molecule is CCCCCC1(CCC(=O)O)CCCCC1. The predicted octanol–water partition coefficient (Wildman–Crippen LogP) is 4.38. The molecule has 16 heavy (non-hydrogen) atoms. The maximum absolute atomic E-state index is 10.7. The fourth-order valence-corrected chi connectivity index (χ4v) is 3.05. The van der Waals surface area contributed by atoms with Gasteiger partial charge >= 0.3 is 5.97 Å². The van der Waals surface area contributed by atoms with Gasteiger partial charge in [-0.05, 0) is 31.1 Å². The lowest BCUT2D eigenvalue weighted by molar-refractivity contribution is -0.137. The molecule has 1 aliphatic rings. The fraction of sp³-hybridized carbons (Fsp3) is 0.929. The first kappa shape index (κ1) is 13.5. The van der Waals surface area contributed by atoms with Gasteiger partial charge in [-0.15, -0.1) is 0 Å². The molecule has 1 aliphatic carbocycles. The summed E-state index contributed by atoms with van der Waals surface area (Å²) < 4.78 is 0. The minimum Gasteiger partial charge on any atom is -0.481 e. The van der Waals surface area contributed by atoms with Crippen LogP contribution in [0.5, 0.6) is 0 Å². The van der Waals surface area contributed by atoms with Crippen LogP contribution in [0.3, 0.4) is 0 Å². The molecule has 0 atom stereocenters. The summed E-state index contributed by atoms with van der Waals surface area (Å²) in [5.41, 5.74) is 0.381. The van der Waals surface area contributed by atoms with E-state index in [9.17, 15) is 4.79 Å². The van der Waals surface area contributed by atoms with Crippen LogP contribution in [-0.2, 0) is 4.79 Å². The summed E-state index contributed by atoms with van der Waals surface area (Å²) in [4.78, 5) is 10.7. The Bertz CT molecular complexity index is 205. The van der Waals surface area contributed by atoms with Crippen LogP contribution in [0, 0.1) is 5.41 Å². The van der Waals surface area contributed by atoms with E-state index in [-0.39, 0.29) is 0 Å². The van der Waals surface area contributed by atoms with Gasteiger partial charge in [0.05, 0.1) is 0 Å². The summed E-state index contributed by atoms with van der Waals surface area (Å²) in [5.74, 6) is -0.625. The third kappa shape index (κ3) is 4.54. The number of hydrogen-bond donors (Lipinski definition) is 1. The number of rotatable bonds is 7. The Hall–Kier alpha value is -0.530. The second-order valence-electron chi connectivity index (χ2n) is 5.41. The van der Waals surface area contributed by atoms with Crippen molar-refractivity contribution >= 4 is 5.97 Å². The monoisotopic (exact) mass is 226 g/mol. The predicted molar refractivity (Wildman–Crippen MR) is 66.5 cm³/mol. The van der Waals surface area contributed by atoms with E-state index in [0.29, 0.717) is 11.8 Å². The largest absolute Gasteiger partial charge is 0.481 e. The first-order chi connectivity index (χ1) is 7.68. The van der Waals surface area contributed by atoms with Gasteiger partial charge in [-0.1, -0.05) is 45.4 Å². The molecule has 1 N–H and O–H groups in total. The van der Waals surface area contributed by atoms with Gasteiger partial charge in [-0.3, -0.25) is 4.79 Å². The molecule has 0 heterocycles. The number of carbonyl (C=O) groups is 1. The zero-order valence-corrected chi connectivity index (χ0v) is 10.6. The summed E-state index contributed by atoms with van der Waals surface area (Å²) >= 11 is 0. The number of unbranched alkanes of at least 4 members (excludes halogenated alkanes) is 2.